The normalized spacial score (nSPS) is 13.2. The minimum absolute atomic E-state index is 0.108. The number of H-pyrrole nitrogens is 1. The predicted molar refractivity (Wildman–Crippen MR) is 408 cm³/mol. The number of nitrogens with one attached hydrogen (secondary N) is 4. The number of nitrogens with zero attached hydrogens (tertiary/aromatic N) is 8. The number of aromatic amines is 1. The van der Waals surface area contributed by atoms with Crippen molar-refractivity contribution in [3.05, 3.63) is 309 Å². The first-order chi connectivity index (χ1) is 51.5. The fourth-order valence-electron chi connectivity index (χ4n) is 13.5. The molecule has 0 fully saturated rings. The molecule has 542 valence electrons. The average molecular weight is 1450 g/mol. The van der Waals surface area contributed by atoms with Crippen molar-refractivity contribution in [3.63, 3.8) is 0 Å². The summed E-state index contributed by atoms with van der Waals surface area (Å²) in [6, 6.07) is 54.4. The van der Waals surface area contributed by atoms with Crippen molar-refractivity contribution in [1.29, 1.82) is 0 Å². The summed E-state index contributed by atoms with van der Waals surface area (Å²) in [5.41, 5.74) is 11.5. The summed E-state index contributed by atoms with van der Waals surface area (Å²) < 4.78 is 72.8. The Morgan fingerprint density at radius 1 is 0.491 bits per heavy atom. The smallest absolute Gasteiger partial charge is 0.322 e. The van der Waals surface area contributed by atoms with E-state index in [1.54, 1.807) is 139 Å². The third-order valence-electron chi connectivity index (χ3n) is 19.1. The van der Waals surface area contributed by atoms with Gasteiger partial charge in [0.05, 0.1) is 73.2 Å². The number of hydrogen-bond acceptors (Lipinski definition) is 10. The summed E-state index contributed by atoms with van der Waals surface area (Å²) in [5, 5.41) is 12.6. The maximum absolute atomic E-state index is 14.5. The summed E-state index contributed by atoms with van der Waals surface area (Å²) >= 11 is 0. The molecule has 5 amide bonds. The van der Waals surface area contributed by atoms with Crippen LogP contribution < -0.4 is 31.4 Å². The van der Waals surface area contributed by atoms with Gasteiger partial charge in [-0.05, 0) is 198 Å². The largest absolute Gasteiger partial charge is 0.417 e. The number of rotatable bonds is 12. The van der Waals surface area contributed by atoms with Gasteiger partial charge in [-0.25, -0.2) is 28.4 Å². The number of benzene rings is 9. The average Bonchev–Trinajstić information content (AvgIpc) is 1.56. The van der Waals surface area contributed by atoms with E-state index in [1.165, 1.54) is 24.3 Å². The second-order valence-corrected chi connectivity index (χ2v) is 27.5. The van der Waals surface area contributed by atoms with Crippen LogP contribution in [0.5, 0.6) is 0 Å². The van der Waals surface area contributed by atoms with Gasteiger partial charge in [0.1, 0.15) is 0 Å². The molecule has 6 heterocycles. The van der Waals surface area contributed by atoms with Gasteiger partial charge in [0.15, 0.2) is 11.6 Å². The van der Waals surface area contributed by atoms with E-state index in [1.807, 2.05) is 133 Å². The molecule has 13 aromatic rings. The molecule has 15 rings (SSSR count). The van der Waals surface area contributed by atoms with Crippen LogP contribution in [0.3, 0.4) is 0 Å². The van der Waals surface area contributed by atoms with Crippen molar-refractivity contribution in [2.24, 2.45) is 7.05 Å². The van der Waals surface area contributed by atoms with Crippen molar-refractivity contribution < 1.29 is 45.9 Å². The summed E-state index contributed by atoms with van der Waals surface area (Å²) in [7, 11) is 1.75. The monoisotopic (exact) mass is 1450 g/mol. The quantitative estimate of drug-likeness (QED) is 0.0847. The van der Waals surface area contributed by atoms with Crippen LogP contribution in [0.15, 0.2) is 230 Å². The molecule has 2 aliphatic rings. The highest BCUT2D eigenvalue weighted by atomic mass is 19.4. The number of aromatic nitrogens is 7. The van der Waals surface area contributed by atoms with Crippen molar-refractivity contribution in [3.8, 4) is 39.1 Å². The Labute approximate surface area is 617 Å². The summed E-state index contributed by atoms with van der Waals surface area (Å²) in [6.45, 7) is 16.9. The van der Waals surface area contributed by atoms with Crippen molar-refractivity contribution in [2.45, 2.75) is 79.3 Å². The standard InChI is InChI=1S/C29H25F3N4O2.C28H21F2N3O2.C28H25N5O2/c1-17-8-11-19(12-9-17)34-26(37)22-14-18(10-13-23(22)29(30,31)32)21-6-5-7-24-25(21)28(2,3)27(38)36(24)20-15-33-35(4)16-20;1-16-9-13-19(14-10-16)31-27(34)21-15-18(12-11-17(21)2)20-5-3-8-24-26(20)32-28(35)33(24)23-7-4-6-22(29)25(23)30;1-17-9-11-20(12-10-17)32-25(34)22-15-19(16-31-18(22)2)21-7-5-8-23-24(21)28(3,4)26(35)33(23)27-29-13-6-14-30-27/h5-16H,1-4H3,(H,34,37);3-15H,1-2H3,(H,31,34)(H,32,35);5-16H,1-4H3,(H,32,34). The predicted octanol–water partition coefficient (Wildman–Crippen LogP) is 18.1. The lowest BCUT2D eigenvalue weighted by Gasteiger charge is -2.21. The summed E-state index contributed by atoms with van der Waals surface area (Å²) in [6.07, 6.45) is 3.56. The number of amides is 5. The van der Waals surface area contributed by atoms with Gasteiger partial charge in [-0.2, -0.15) is 18.3 Å². The zero-order valence-electron chi connectivity index (χ0n) is 60.3. The van der Waals surface area contributed by atoms with Gasteiger partial charge < -0.3 is 20.9 Å². The lowest BCUT2D eigenvalue weighted by atomic mass is 9.81. The molecule has 0 aliphatic carbocycles. The third-order valence-corrected chi connectivity index (χ3v) is 19.1. The lowest BCUT2D eigenvalue weighted by Crippen LogP contribution is -2.34. The van der Waals surface area contributed by atoms with Gasteiger partial charge in [-0.1, -0.05) is 114 Å². The van der Waals surface area contributed by atoms with Crippen LogP contribution >= 0.6 is 0 Å². The van der Waals surface area contributed by atoms with Crippen LogP contribution in [0.4, 0.5) is 62.0 Å². The SMILES string of the molecule is Cc1ccc(NC(=O)c2cc(-c3cccc4c3C(C)(C)C(=O)N4c3cnn(C)c3)ccc2C(F)(F)F)cc1.Cc1ccc(NC(=O)c2cc(-c3cccc4c3C(C)(C)C(=O)N4c3ncccn3)cnc2C)cc1.Cc1ccc(NC(=O)c2cc(-c3cccc4c3[nH]c(=O)n4-c3cccc(F)c3F)ccc2C)cc1. The molecule has 108 heavy (non-hydrogen) atoms. The van der Waals surface area contributed by atoms with Crippen LogP contribution in [-0.4, -0.2) is 63.8 Å². The maximum atomic E-state index is 14.5. The van der Waals surface area contributed by atoms with Gasteiger partial charge in [0, 0.05) is 65.6 Å². The number of carbonyl (C=O) groups is 5. The first kappa shape index (κ1) is 73.0. The van der Waals surface area contributed by atoms with E-state index in [0.717, 1.165) is 67.0 Å². The Kier molecular flexibility index (Phi) is 19.6. The molecule has 2 aliphatic heterocycles. The molecule has 4 N–H and O–H groups in total. The molecule has 0 radical (unpaired) electrons. The summed E-state index contributed by atoms with van der Waals surface area (Å²) in [5.74, 6) is -3.46. The number of alkyl halides is 3. The first-order valence-electron chi connectivity index (χ1n) is 34.3. The topological polar surface area (TPSA) is 222 Å². The van der Waals surface area contributed by atoms with E-state index in [4.69, 9.17) is 0 Å². The van der Waals surface area contributed by atoms with Gasteiger partial charge in [0.25, 0.3) is 17.7 Å². The molecular weight excluding hydrogens is 1380 g/mol. The number of para-hydroxylation sites is 1. The molecule has 18 nitrogen and oxygen atoms in total. The van der Waals surface area contributed by atoms with Gasteiger partial charge >= 0.3 is 11.9 Å². The minimum atomic E-state index is -4.73. The van der Waals surface area contributed by atoms with Crippen LogP contribution in [0.25, 0.3) is 50.1 Å². The molecule has 0 saturated carbocycles. The molecule has 0 saturated heterocycles. The van der Waals surface area contributed by atoms with Crippen LogP contribution in [-0.2, 0) is 33.6 Å². The molecule has 0 unspecified atom stereocenters. The first-order valence-corrected chi connectivity index (χ1v) is 34.3. The van der Waals surface area contributed by atoms with Gasteiger partial charge in [0.2, 0.25) is 17.8 Å². The Morgan fingerprint density at radius 2 is 0.963 bits per heavy atom. The molecule has 23 heteroatoms. The van der Waals surface area contributed by atoms with E-state index in [2.05, 4.69) is 41.0 Å². The highest BCUT2D eigenvalue weighted by Crippen LogP contribution is 2.51. The number of anilines is 7. The fourth-order valence-corrected chi connectivity index (χ4v) is 13.5. The Morgan fingerprint density at radius 3 is 1.53 bits per heavy atom. The Balaban J connectivity index is 0.000000143. The summed E-state index contributed by atoms with van der Waals surface area (Å²) in [4.78, 5) is 98.1. The molecular formula is C85H71F5N12O6. The number of pyridine rings is 1. The number of hydrogen-bond donors (Lipinski definition) is 4. The van der Waals surface area contributed by atoms with Crippen molar-refractivity contribution in [1.82, 2.24) is 34.3 Å². The van der Waals surface area contributed by atoms with Crippen LogP contribution in [0.1, 0.15) is 103 Å². The van der Waals surface area contributed by atoms with E-state index < -0.39 is 51.4 Å². The van der Waals surface area contributed by atoms with E-state index >= 15 is 0 Å². The highest BCUT2D eigenvalue weighted by molar-refractivity contribution is 6.16. The highest BCUT2D eigenvalue weighted by Gasteiger charge is 2.49. The lowest BCUT2D eigenvalue weighted by molar-refractivity contribution is -0.138. The molecule has 4 aromatic heterocycles. The van der Waals surface area contributed by atoms with Crippen LogP contribution in [0.2, 0.25) is 0 Å². The molecule has 0 spiro atoms. The Bertz CT molecular complexity index is 5790. The van der Waals surface area contributed by atoms with Crippen molar-refractivity contribution in [2.75, 3.05) is 25.8 Å². The van der Waals surface area contributed by atoms with Crippen LogP contribution in [0, 0.1) is 46.3 Å². The maximum Gasteiger partial charge on any atom is 0.417 e. The van der Waals surface area contributed by atoms with Gasteiger partial charge in [-0.15, -0.1) is 0 Å². The van der Waals surface area contributed by atoms with E-state index in [-0.39, 0.29) is 29.3 Å². The van der Waals surface area contributed by atoms with E-state index in [9.17, 15) is 50.7 Å². The molecule has 9 aromatic carbocycles. The zero-order chi connectivity index (χ0) is 76.8. The second-order valence-electron chi connectivity index (χ2n) is 27.5. The van der Waals surface area contributed by atoms with Gasteiger partial charge in [-0.3, -0.25) is 43.1 Å². The third kappa shape index (κ3) is 14.1. The Hall–Kier alpha value is -13.3. The number of carbonyl (C=O) groups excluding carboxylic acids is 5. The number of aryl methyl sites for hydroxylation is 6. The minimum Gasteiger partial charge on any atom is -0.322 e. The molecule has 0 atom stereocenters. The number of imidazole rings is 1. The number of halogens is 5. The number of fused-ring (bicyclic) bond motifs is 3. The van der Waals surface area contributed by atoms with Crippen molar-refractivity contribution >= 4 is 80.6 Å². The fraction of sp³-hybridized carbons (Fsp3) is 0.153. The zero-order valence-corrected chi connectivity index (χ0v) is 60.3. The molecule has 0 bridgehead atoms. The second kappa shape index (κ2) is 29.0. The van der Waals surface area contributed by atoms with E-state index in [0.29, 0.717) is 84.4 Å².